The van der Waals surface area contributed by atoms with Crippen molar-refractivity contribution in [1.82, 2.24) is 0 Å². The minimum Gasteiger partial charge on any atom is -0.343 e. The van der Waals surface area contributed by atoms with Crippen molar-refractivity contribution in [3.8, 4) is 0 Å². The monoisotopic (exact) mass is 141 g/mol. The second-order valence-electron chi connectivity index (χ2n) is 3.36. The molecule has 0 heteroatoms. The summed E-state index contributed by atoms with van der Waals surface area (Å²) in [5, 5.41) is 0. The van der Waals surface area contributed by atoms with Gasteiger partial charge in [-0.05, 0) is 11.8 Å². The molecule has 0 rings (SSSR count). The number of rotatable bonds is 5. The van der Waals surface area contributed by atoms with Gasteiger partial charge in [0.1, 0.15) is 0 Å². The Labute approximate surface area is 66.0 Å². The van der Waals surface area contributed by atoms with E-state index in [4.69, 9.17) is 0 Å². The van der Waals surface area contributed by atoms with Crippen LogP contribution in [0.15, 0.2) is 0 Å². The van der Waals surface area contributed by atoms with Crippen molar-refractivity contribution in [2.45, 2.75) is 46.5 Å². The summed E-state index contributed by atoms with van der Waals surface area (Å²) in [7, 11) is 0. The van der Waals surface area contributed by atoms with Crippen molar-refractivity contribution < 1.29 is 0 Å². The maximum Gasteiger partial charge on any atom is -0.0418 e. The summed E-state index contributed by atoms with van der Waals surface area (Å²) in [6.07, 6.45) is 5.07. The third-order valence-corrected chi connectivity index (χ3v) is 2.52. The first-order valence-electron chi connectivity index (χ1n) is 4.51. The van der Waals surface area contributed by atoms with Gasteiger partial charge in [-0.3, -0.25) is 0 Å². The van der Waals surface area contributed by atoms with Crippen LogP contribution in [0.5, 0.6) is 0 Å². The molecule has 0 saturated heterocycles. The van der Waals surface area contributed by atoms with E-state index in [1.54, 1.807) is 0 Å². The SMILES string of the molecule is [CH2-]CCCC(C)C(C)CC. The molecule has 0 spiro atoms. The molecule has 2 atom stereocenters. The van der Waals surface area contributed by atoms with Crippen molar-refractivity contribution in [2.75, 3.05) is 0 Å². The molecule has 0 aliphatic carbocycles. The van der Waals surface area contributed by atoms with Crippen LogP contribution in [0.2, 0.25) is 0 Å². The summed E-state index contributed by atoms with van der Waals surface area (Å²) in [5.41, 5.74) is 0. The maximum absolute atomic E-state index is 3.84. The predicted molar refractivity (Wildman–Crippen MR) is 47.8 cm³/mol. The molecule has 0 nitrogen and oxygen atoms in total. The topological polar surface area (TPSA) is 0 Å². The van der Waals surface area contributed by atoms with Crippen LogP contribution in [-0.2, 0) is 0 Å². The normalized spacial score (nSPS) is 16.8. The highest BCUT2D eigenvalue weighted by molar-refractivity contribution is 4.60. The molecule has 10 heavy (non-hydrogen) atoms. The third kappa shape index (κ3) is 3.92. The van der Waals surface area contributed by atoms with Crippen molar-refractivity contribution >= 4 is 0 Å². The lowest BCUT2D eigenvalue weighted by Crippen LogP contribution is -2.06. The summed E-state index contributed by atoms with van der Waals surface area (Å²) in [4.78, 5) is 0. The van der Waals surface area contributed by atoms with Gasteiger partial charge in [-0.1, -0.05) is 40.0 Å². The number of unbranched alkanes of at least 4 members (excludes halogenated alkanes) is 1. The third-order valence-electron chi connectivity index (χ3n) is 2.52. The molecule has 0 radical (unpaired) electrons. The second-order valence-corrected chi connectivity index (χ2v) is 3.36. The van der Waals surface area contributed by atoms with E-state index < -0.39 is 0 Å². The average molecular weight is 141 g/mol. The fraction of sp³-hybridized carbons (Fsp3) is 0.900. The molecule has 0 N–H and O–H groups in total. The van der Waals surface area contributed by atoms with Crippen molar-refractivity contribution in [3.05, 3.63) is 6.92 Å². The van der Waals surface area contributed by atoms with Crippen LogP contribution < -0.4 is 0 Å². The van der Waals surface area contributed by atoms with E-state index in [9.17, 15) is 0 Å². The fourth-order valence-corrected chi connectivity index (χ4v) is 1.15. The smallest absolute Gasteiger partial charge is 0.0418 e. The predicted octanol–water partition coefficient (Wildman–Crippen LogP) is 3.67. The van der Waals surface area contributed by atoms with Crippen LogP contribution in [0.25, 0.3) is 0 Å². The van der Waals surface area contributed by atoms with Crippen LogP contribution in [-0.4, -0.2) is 0 Å². The Balaban J connectivity index is 3.31. The van der Waals surface area contributed by atoms with E-state index in [0.29, 0.717) is 0 Å². The Morgan fingerprint density at radius 1 is 1.20 bits per heavy atom. The van der Waals surface area contributed by atoms with E-state index >= 15 is 0 Å². The lowest BCUT2D eigenvalue weighted by Gasteiger charge is -2.17. The van der Waals surface area contributed by atoms with Gasteiger partial charge in [-0.25, -0.2) is 0 Å². The Morgan fingerprint density at radius 2 is 1.80 bits per heavy atom. The zero-order valence-corrected chi connectivity index (χ0v) is 7.69. The molecule has 0 aliphatic rings. The van der Waals surface area contributed by atoms with Gasteiger partial charge in [0.05, 0.1) is 0 Å². The van der Waals surface area contributed by atoms with Gasteiger partial charge in [0.15, 0.2) is 0 Å². The Morgan fingerprint density at radius 3 is 2.20 bits per heavy atom. The summed E-state index contributed by atoms with van der Waals surface area (Å²) < 4.78 is 0. The molecule has 0 aromatic carbocycles. The zero-order chi connectivity index (χ0) is 7.98. The molecule has 0 aliphatic heterocycles. The standard InChI is InChI=1S/C10H21/c1-5-7-8-10(4)9(3)6-2/h9-10H,1,5-8H2,2-4H3/q-1. The van der Waals surface area contributed by atoms with Crippen molar-refractivity contribution in [2.24, 2.45) is 11.8 Å². The fourth-order valence-electron chi connectivity index (χ4n) is 1.15. The highest BCUT2D eigenvalue weighted by Gasteiger charge is 2.07. The molecule has 2 unspecified atom stereocenters. The van der Waals surface area contributed by atoms with E-state index in [1.165, 1.54) is 19.3 Å². The van der Waals surface area contributed by atoms with Gasteiger partial charge in [0.25, 0.3) is 0 Å². The quantitative estimate of drug-likeness (QED) is 0.512. The molecular weight excluding hydrogens is 120 g/mol. The summed E-state index contributed by atoms with van der Waals surface area (Å²) in [6.45, 7) is 10.8. The van der Waals surface area contributed by atoms with E-state index in [-0.39, 0.29) is 0 Å². The van der Waals surface area contributed by atoms with Gasteiger partial charge in [-0.2, -0.15) is 6.42 Å². The summed E-state index contributed by atoms with van der Waals surface area (Å²) in [5.74, 6) is 1.79. The minimum absolute atomic E-state index is 0.895. The first-order chi connectivity index (χ1) is 4.72. The molecule has 0 heterocycles. The molecule has 0 amide bonds. The molecule has 0 saturated carbocycles. The average Bonchev–Trinajstić information content (AvgIpc) is 1.98. The van der Waals surface area contributed by atoms with Crippen LogP contribution in [0.1, 0.15) is 46.5 Å². The van der Waals surface area contributed by atoms with Gasteiger partial charge >= 0.3 is 0 Å². The largest absolute Gasteiger partial charge is 0.343 e. The van der Waals surface area contributed by atoms with Crippen LogP contribution in [0.4, 0.5) is 0 Å². The highest BCUT2D eigenvalue weighted by Crippen LogP contribution is 2.19. The first-order valence-corrected chi connectivity index (χ1v) is 4.51. The van der Waals surface area contributed by atoms with Crippen LogP contribution in [0.3, 0.4) is 0 Å². The van der Waals surface area contributed by atoms with Gasteiger partial charge in [0.2, 0.25) is 0 Å². The second kappa shape index (κ2) is 5.76. The summed E-state index contributed by atoms with van der Waals surface area (Å²) in [6, 6.07) is 0. The zero-order valence-electron chi connectivity index (χ0n) is 7.69. The molecule has 0 fully saturated rings. The highest BCUT2D eigenvalue weighted by atomic mass is 14.1. The molecule has 0 bridgehead atoms. The van der Waals surface area contributed by atoms with Crippen LogP contribution in [0, 0.1) is 18.8 Å². The Bertz CT molecular complexity index is 66.4. The van der Waals surface area contributed by atoms with E-state index in [1.807, 2.05) is 0 Å². The lowest BCUT2D eigenvalue weighted by molar-refractivity contribution is 0.348. The Hall–Kier alpha value is 0. The maximum atomic E-state index is 3.84. The van der Waals surface area contributed by atoms with Gasteiger partial charge in [0, 0.05) is 0 Å². The first kappa shape index (κ1) is 10.0. The van der Waals surface area contributed by atoms with Crippen molar-refractivity contribution in [3.63, 3.8) is 0 Å². The minimum atomic E-state index is 0.895. The molecular formula is C10H21-. The van der Waals surface area contributed by atoms with Crippen molar-refractivity contribution in [1.29, 1.82) is 0 Å². The molecule has 0 aromatic rings. The van der Waals surface area contributed by atoms with Gasteiger partial charge < -0.3 is 6.92 Å². The van der Waals surface area contributed by atoms with Gasteiger partial charge in [-0.15, -0.1) is 0 Å². The number of hydrogen-bond donors (Lipinski definition) is 0. The van der Waals surface area contributed by atoms with E-state index in [2.05, 4.69) is 27.7 Å². The Kier molecular flexibility index (Phi) is 5.76. The summed E-state index contributed by atoms with van der Waals surface area (Å²) >= 11 is 0. The van der Waals surface area contributed by atoms with Crippen LogP contribution >= 0.6 is 0 Å². The number of hydrogen-bond acceptors (Lipinski definition) is 0. The molecule has 0 aromatic heterocycles. The lowest BCUT2D eigenvalue weighted by atomic mass is 9.89. The molecule has 62 valence electrons. The van der Waals surface area contributed by atoms with E-state index in [0.717, 1.165) is 18.3 Å².